The number of methoxy groups -OCH3 is 1. The zero-order chi connectivity index (χ0) is 18.2. The second kappa shape index (κ2) is 8.92. The van der Waals surface area contributed by atoms with Gasteiger partial charge in [0.15, 0.2) is 0 Å². The molecule has 1 aromatic heterocycles. The number of carbonyl (C=O) groups excluding carboxylic acids is 2. The highest BCUT2D eigenvalue weighted by Crippen LogP contribution is 2.13. The Morgan fingerprint density at radius 2 is 2.00 bits per heavy atom. The second-order valence-corrected chi connectivity index (χ2v) is 6.18. The largest absolute Gasteiger partial charge is 0.497 e. The van der Waals surface area contributed by atoms with Crippen LogP contribution < -0.4 is 15.4 Å². The summed E-state index contributed by atoms with van der Waals surface area (Å²) in [5.74, 6) is 0.968. The number of nitrogens with one attached hydrogen (secondary N) is 2. The van der Waals surface area contributed by atoms with Crippen LogP contribution >= 0.6 is 0 Å². The van der Waals surface area contributed by atoms with Crippen LogP contribution in [0.15, 0.2) is 47.1 Å². The summed E-state index contributed by atoms with van der Waals surface area (Å²) in [6.45, 7) is 4.30. The van der Waals surface area contributed by atoms with Gasteiger partial charge >= 0.3 is 0 Å². The Balaban J connectivity index is 2.02. The third kappa shape index (κ3) is 5.67. The average Bonchev–Trinajstić information content (AvgIpc) is 3.12. The molecule has 0 bridgehead atoms. The average molecular weight is 344 g/mol. The van der Waals surface area contributed by atoms with Crippen LogP contribution in [0.2, 0.25) is 0 Å². The highest BCUT2D eigenvalue weighted by atomic mass is 16.5. The first-order valence-electron chi connectivity index (χ1n) is 8.24. The van der Waals surface area contributed by atoms with Crippen LogP contribution in [0.5, 0.6) is 5.75 Å². The number of rotatable bonds is 8. The Bertz CT molecular complexity index is 695. The van der Waals surface area contributed by atoms with Crippen LogP contribution in [0, 0.1) is 5.92 Å². The fourth-order valence-corrected chi connectivity index (χ4v) is 2.42. The van der Waals surface area contributed by atoms with Gasteiger partial charge in [0.2, 0.25) is 5.91 Å². The molecule has 2 amide bonds. The molecule has 2 rings (SSSR count). The molecule has 0 saturated carbocycles. The van der Waals surface area contributed by atoms with Crippen molar-refractivity contribution >= 4 is 11.8 Å². The summed E-state index contributed by atoms with van der Waals surface area (Å²) in [6, 6.07) is 9.76. The fourth-order valence-electron chi connectivity index (χ4n) is 2.42. The van der Waals surface area contributed by atoms with Gasteiger partial charge in [0.1, 0.15) is 17.6 Å². The fraction of sp³-hybridized carbons (Fsp3) is 0.368. The predicted octanol–water partition coefficient (Wildman–Crippen LogP) is 2.75. The van der Waals surface area contributed by atoms with Gasteiger partial charge in [-0.1, -0.05) is 19.9 Å². The standard InChI is InChI=1S/C19H24N2O4/c1-13(2)10-17(19(23)20-12-16-8-5-9-25-16)21-18(22)14-6-4-7-15(11-14)24-3/h4-9,11,13,17H,10,12H2,1-3H3,(H,20,23)(H,21,22)/t17-/m0/s1. The number of carbonyl (C=O) groups is 2. The second-order valence-electron chi connectivity index (χ2n) is 6.18. The van der Waals surface area contributed by atoms with E-state index >= 15 is 0 Å². The first-order valence-corrected chi connectivity index (χ1v) is 8.24. The van der Waals surface area contributed by atoms with Crippen LogP contribution in [0.25, 0.3) is 0 Å². The number of benzene rings is 1. The Labute approximate surface area is 147 Å². The smallest absolute Gasteiger partial charge is 0.252 e. The van der Waals surface area contributed by atoms with Crippen LogP contribution in [0.3, 0.4) is 0 Å². The van der Waals surface area contributed by atoms with Crippen LogP contribution in [0.4, 0.5) is 0 Å². The third-order valence-corrected chi connectivity index (χ3v) is 3.68. The van der Waals surface area contributed by atoms with E-state index in [2.05, 4.69) is 10.6 Å². The first kappa shape index (κ1) is 18.6. The highest BCUT2D eigenvalue weighted by Gasteiger charge is 2.22. The summed E-state index contributed by atoms with van der Waals surface area (Å²) in [5.41, 5.74) is 0.451. The van der Waals surface area contributed by atoms with E-state index in [1.54, 1.807) is 49.8 Å². The number of amides is 2. The molecule has 0 fully saturated rings. The van der Waals surface area contributed by atoms with E-state index in [0.29, 0.717) is 23.5 Å². The van der Waals surface area contributed by atoms with Crippen LogP contribution in [-0.4, -0.2) is 25.0 Å². The maximum absolute atomic E-state index is 12.5. The molecule has 1 aromatic carbocycles. The molecule has 1 heterocycles. The predicted molar refractivity (Wildman–Crippen MR) is 94.3 cm³/mol. The number of hydrogen-bond donors (Lipinski definition) is 2. The molecule has 134 valence electrons. The molecule has 0 aliphatic carbocycles. The van der Waals surface area contributed by atoms with Gasteiger partial charge in [-0.15, -0.1) is 0 Å². The number of ether oxygens (including phenoxy) is 1. The van der Waals surface area contributed by atoms with Gasteiger partial charge in [0, 0.05) is 5.56 Å². The van der Waals surface area contributed by atoms with Gasteiger partial charge in [0.25, 0.3) is 5.91 Å². The maximum atomic E-state index is 12.5. The molecule has 0 aliphatic heterocycles. The molecule has 2 N–H and O–H groups in total. The summed E-state index contributed by atoms with van der Waals surface area (Å²) >= 11 is 0. The van der Waals surface area contributed by atoms with Gasteiger partial charge in [-0.05, 0) is 42.7 Å². The lowest BCUT2D eigenvalue weighted by atomic mass is 10.0. The summed E-state index contributed by atoms with van der Waals surface area (Å²) in [4.78, 5) is 24.9. The van der Waals surface area contributed by atoms with Crippen molar-refractivity contribution in [3.63, 3.8) is 0 Å². The SMILES string of the molecule is COc1cccc(C(=O)N[C@@H](CC(C)C)C(=O)NCc2ccco2)c1. The van der Waals surface area contributed by atoms with E-state index in [1.165, 1.54) is 0 Å². The van der Waals surface area contributed by atoms with Crippen molar-refractivity contribution in [3.05, 3.63) is 54.0 Å². The minimum atomic E-state index is -0.617. The third-order valence-electron chi connectivity index (χ3n) is 3.68. The van der Waals surface area contributed by atoms with Gasteiger partial charge < -0.3 is 19.8 Å². The van der Waals surface area contributed by atoms with Crippen molar-refractivity contribution in [3.8, 4) is 5.75 Å². The van der Waals surface area contributed by atoms with E-state index in [0.717, 1.165) is 0 Å². The molecular formula is C19H24N2O4. The summed E-state index contributed by atoms with van der Waals surface area (Å²) < 4.78 is 10.3. The lowest BCUT2D eigenvalue weighted by Crippen LogP contribution is -2.47. The minimum Gasteiger partial charge on any atom is -0.497 e. The monoisotopic (exact) mass is 344 g/mol. The molecule has 2 aromatic rings. The van der Waals surface area contributed by atoms with Crippen molar-refractivity contribution < 1.29 is 18.7 Å². The molecule has 0 unspecified atom stereocenters. The van der Waals surface area contributed by atoms with Crippen molar-refractivity contribution in [2.24, 2.45) is 5.92 Å². The Morgan fingerprint density at radius 3 is 2.64 bits per heavy atom. The zero-order valence-electron chi connectivity index (χ0n) is 14.7. The van der Waals surface area contributed by atoms with Crippen LogP contribution in [0.1, 0.15) is 36.4 Å². The number of furan rings is 1. The highest BCUT2D eigenvalue weighted by molar-refractivity contribution is 5.97. The maximum Gasteiger partial charge on any atom is 0.252 e. The van der Waals surface area contributed by atoms with E-state index in [1.807, 2.05) is 13.8 Å². The van der Waals surface area contributed by atoms with Crippen molar-refractivity contribution in [1.29, 1.82) is 0 Å². The molecule has 0 aliphatic rings. The Hall–Kier alpha value is -2.76. The van der Waals surface area contributed by atoms with E-state index in [9.17, 15) is 9.59 Å². The molecule has 0 spiro atoms. The molecule has 6 nitrogen and oxygen atoms in total. The Morgan fingerprint density at radius 1 is 1.20 bits per heavy atom. The van der Waals surface area contributed by atoms with Crippen LogP contribution in [-0.2, 0) is 11.3 Å². The summed E-state index contributed by atoms with van der Waals surface area (Å²) in [5, 5.41) is 5.61. The van der Waals surface area contributed by atoms with Gasteiger partial charge in [-0.25, -0.2) is 0 Å². The Kier molecular flexibility index (Phi) is 6.62. The number of hydrogen-bond acceptors (Lipinski definition) is 4. The van der Waals surface area contributed by atoms with Crippen molar-refractivity contribution in [2.75, 3.05) is 7.11 Å². The van der Waals surface area contributed by atoms with Crippen molar-refractivity contribution in [1.82, 2.24) is 10.6 Å². The van der Waals surface area contributed by atoms with E-state index in [-0.39, 0.29) is 24.3 Å². The summed E-state index contributed by atoms with van der Waals surface area (Å²) in [7, 11) is 1.54. The lowest BCUT2D eigenvalue weighted by molar-refractivity contribution is -0.123. The quantitative estimate of drug-likeness (QED) is 0.772. The van der Waals surface area contributed by atoms with Gasteiger partial charge in [-0.3, -0.25) is 9.59 Å². The molecule has 1 atom stereocenters. The zero-order valence-corrected chi connectivity index (χ0v) is 14.7. The minimum absolute atomic E-state index is 0.235. The topological polar surface area (TPSA) is 80.6 Å². The summed E-state index contributed by atoms with van der Waals surface area (Å²) in [6.07, 6.45) is 2.09. The van der Waals surface area contributed by atoms with Gasteiger partial charge in [0.05, 0.1) is 19.9 Å². The molecule has 0 radical (unpaired) electrons. The molecule has 6 heteroatoms. The van der Waals surface area contributed by atoms with E-state index in [4.69, 9.17) is 9.15 Å². The first-order chi connectivity index (χ1) is 12.0. The molecular weight excluding hydrogens is 320 g/mol. The van der Waals surface area contributed by atoms with E-state index < -0.39 is 6.04 Å². The lowest BCUT2D eigenvalue weighted by Gasteiger charge is -2.20. The molecule has 0 saturated heterocycles. The molecule has 25 heavy (non-hydrogen) atoms. The normalized spacial score (nSPS) is 11.8. The van der Waals surface area contributed by atoms with Crippen molar-refractivity contribution in [2.45, 2.75) is 32.9 Å². The van der Waals surface area contributed by atoms with Gasteiger partial charge in [-0.2, -0.15) is 0 Å².